The molecule has 0 aromatic heterocycles. The maximum Gasteiger partial charge on any atom is 0.207 e. The average molecular weight is 1220 g/mol. The molecule has 0 aliphatic heterocycles. The van der Waals surface area contributed by atoms with Gasteiger partial charge in [0.15, 0.2) is 0 Å². The van der Waals surface area contributed by atoms with E-state index in [-0.39, 0.29) is 19.4 Å². The summed E-state index contributed by atoms with van der Waals surface area (Å²) in [4.78, 5) is 0.402. The highest BCUT2D eigenvalue weighted by molar-refractivity contribution is 9.13. The van der Waals surface area contributed by atoms with Gasteiger partial charge in [-0.25, -0.2) is 8.42 Å². The largest absolute Gasteiger partial charge is 0.491 e. The normalized spacial score (nSPS) is 13.5. The highest BCUT2D eigenvalue weighted by atomic mass is 79.9. The van der Waals surface area contributed by atoms with E-state index in [1.807, 2.05) is 0 Å². The van der Waals surface area contributed by atoms with Crippen molar-refractivity contribution in [1.29, 1.82) is 0 Å². The van der Waals surface area contributed by atoms with Gasteiger partial charge in [-0.1, -0.05) is 127 Å². The monoisotopic (exact) mass is 1210 g/mol. The molecule has 4 aromatic rings. The van der Waals surface area contributed by atoms with Crippen LogP contribution in [0.2, 0.25) is 0 Å². The van der Waals surface area contributed by atoms with Crippen molar-refractivity contribution in [3.05, 3.63) is 63.2 Å². The van der Waals surface area contributed by atoms with E-state index in [4.69, 9.17) is 9.47 Å². The third kappa shape index (κ3) is 7.51. The number of hydrogen-bond donors (Lipinski definition) is 0. The first-order chi connectivity index (χ1) is 19.3. The maximum absolute atomic E-state index is 14.6. The van der Waals surface area contributed by atoms with E-state index >= 15 is 0 Å². The van der Waals surface area contributed by atoms with Gasteiger partial charge in [0, 0.05) is 50.1 Å². The van der Waals surface area contributed by atoms with Crippen LogP contribution >= 0.6 is 159 Å². The second-order valence-corrected chi connectivity index (χ2v) is 19.5. The van der Waals surface area contributed by atoms with Crippen LogP contribution in [0.25, 0.3) is 21.5 Å². The van der Waals surface area contributed by atoms with Gasteiger partial charge in [0.1, 0.15) is 24.7 Å². The van der Waals surface area contributed by atoms with Crippen LogP contribution in [0.3, 0.4) is 0 Å². The van der Waals surface area contributed by atoms with Crippen LogP contribution < -0.4 is 9.47 Å². The summed E-state index contributed by atoms with van der Waals surface area (Å²) in [6.07, 6.45) is 0. The molecule has 4 nitrogen and oxygen atoms in total. The molecule has 4 rings (SSSR count). The fourth-order valence-electron chi connectivity index (χ4n) is 4.06. The van der Waals surface area contributed by atoms with Gasteiger partial charge < -0.3 is 9.47 Å². The Balaban J connectivity index is 2.01. The van der Waals surface area contributed by atoms with Crippen molar-refractivity contribution in [2.24, 2.45) is 0 Å². The van der Waals surface area contributed by atoms with Crippen molar-refractivity contribution in [1.82, 2.24) is 0 Å². The van der Waals surface area contributed by atoms with Crippen molar-refractivity contribution in [3.8, 4) is 11.5 Å². The number of ether oxygens (including phenoxy) is 2. The second-order valence-electron chi connectivity index (χ2n) is 8.56. The van der Waals surface area contributed by atoms with E-state index in [1.54, 1.807) is 36.4 Å². The molecule has 15 heteroatoms. The lowest BCUT2D eigenvalue weighted by Gasteiger charge is -2.20. The topological polar surface area (TPSA) is 52.6 Å². The lowest BCUT2D eigenvalue weighted by atomic mass is 10.1. The Morgan fingerprint density at radius 3 is 1.27 bits per heavy atom. The molecule has 0 amide bonds. The average Bonchev–Trinajstić information content (AvgIpc) is 2.92. The zero-order chi connectivity index (χ0) is 30.2. The van der Waals surface area contributed by atoms with Gasteiger partial charge in [-0.05, 0) is 68.3 Å². The SMILES string of the molecule is O=S(=O)(c1ccc(Br)c2c(OCC(Br)CBr)c(Br)cc(Br)c12)c1ccc(Br)c2c(OCC(Br)CBr)c(Br)cc(Br)c12. The molecule has 4 aromatic carbocycles. The Hall–Kier alpha value is 1.75. The van der Waals surface area contributed by atoms with Crippen LogP contribution in [-0.2, 0) is 9.84 Å². The number of halogens is 10. The van der Waals surface area contributed by atoms with Gasteiger partial charge in [-0.15, -0.1) is 0 Å². The van der Waals surface area contributed by atoms with Crippen LogP contribution in [0.4, 0.5) is 0 Å². The van der Waals surface area contributed by atoms with Gasteiger partial charge in [0.2, 0.25) is 9.84 Å². The van der Waals surface area contributed by atoms with E-state index in [0.29, 0.717) is 83.8 Å². The standard InChI is InChI=1S/C26H16Br10O4S/c27-7-11(29)9-39-25-17(35)5-15(33)21-19(3-1-13(31)23(21)25)41(37,38)20-4-2-14(32)24-22(20)16(34)6-18(36)26(24)40-10-12(30)8-28/h1-6,11-12H,7-10H2. The van der Waals surface area contributed by atoms with Gasteiger partial charge in [0.05, 0.1) is 28.4 Å². The van der Waals surface area contributed by atoms with E-state index < -0.39 is 9.84 Å². The minimum atomic E-state index is -4.08. The maximum atomic E-state index is 14.6. The quantitative estimate of drug-likeness (QED) is 0.149. The lowest BCUT2D eigenvalue weighted by molar-refractivity contribution is 0.327. The van der Waals surface area contributed by atoms with E-state index in [0.717, 1.165) is 0 Å². The Kier molecular flexibility index (Phi) is 13.1. The van der Waals surface area contributed by atoms with Crippen LogP contribution in [0.5, 0.6) is 11.5 Å². The molecule has 0 saturated carbocycles. The highest BCUT2D eigenvalue weighted by Gasteiger charge is 2.29. The predicted molar refractivity (Wildman–Crippen MR) is 204 cm³/mol. The molecule has 2 atom stereocenters. The second kappa shape index (κ2) is 15.1. The van der Waals surface area contributed by atoms with Crippen molar-refractivity contribution >= 4 is 191 Å². The number of sulfone groups is 1. The first-order valence-electron chi connectivity index (χ1n) is 11.4. The Morgan fingerprint density at radius 1 is 0.561 bits per heavy atom. The summed E-state index contributed by atoms with van der Waals surface area (Å²) >= 11 is 35.8. The molecule has 0 aliphatic carbocycles. The molecule has 0 heterocycles. The smallest absolute Gasteiger partial charge is 0.207 e. The van der Waals surface area contributed by atoms with Crippen LogP contribution in [-0.4, -0.2) is 41.9 Å². The Labute approximate surface area is 322 Å². The molecular formula is C26H16Br10O4S. The minimum absolute atomic E-state index is 0.0651. The van der Waals surface area contributed by atoms with Crippen molar-refractivity contribution in [2.45, 2.75) is 19.4 Å². The first kappa shape index (κ1) is 35.6. The summed E-state index contributed by atoms with van der Waals surface area (Å²) < 4.78 is 45.6. The number of fused-ring (bicyclic) bond motifs is 2. The van der Waals surface area contributed by atoms with E-state index in [9.17, 15) is 8.42 Å². The molecular weight excluding hydrogens is 1210 g/mol. The molecule has 0 aliphatic rings. The zero-order valence-electron chi connectivity index (χ0n) is 20.3. The molecule has 0 bridgehead atoms. The van der Waals surface area contributed by atoms with E-state index in [1.165, 1.54) is 0 Å². The Bertz CT molecular complexity index is 1630. The van der Waals surface area contributed by atoms with Gasteiger partial charge in [0.25, 0.3) is 0 Å². The van der Waals surface area contributed by atoms with Crippen LogP contribution in [0.1, 0.15) is 0 Å². The predicted octanol–water partition coefficient (Wildman–Crippen LogP) is 12.5. The number of hydrogen-bond acceptors (Lipinski definition) is 4. The highest BCUT2D eigenvalue weighted by Crippen LogP contribution is 2.49. The van der Waals surface area contributed by atoms with Gasteiger partial charge in [-0.2, -0.15) is 0 Å². The van der Waals surface area contributed by atoms with Gasteiger partial charge >= 0.3 is 0 Å². The number of alkyl halides is 4. The fourth-order valence-corrected chi connectivity index (χ4v) is 10.6. The Morgan fingerprint density at radius 2 is 0.927 bits per heavy atom. The van der Waals surface area contributed by atoms with Crippen LogP contribution in [0, 0.1) is 0 Å². The number of rotatable bonds is 10. The summed E-state index contributed by atoms with van der Waals surface area (Å²) in [7, 11) is -4.08. The lowest BCUT2D eigenvalue weighted by Crippen LogP contribution is -2.13. The van der Waals surface area contributed by atoms with Crippen molar-refractivity contribution in [3.63, 3.8) is 0 Å². The van der Waals surface area contributed by atoms with Crippen molar-refractivity contribution < 1.29 is 17.9 Å². The summed E-state index contributed by atoms with van der Waals surface area (Å²) in [5.41, 5.74) is 0. The first-order valence-corrected chi connectivity index (χ1v) is 21.8. The molecule has 0 saturated heterocycles. The minimum Gasteiger partial charge on any atom is -0.491 e. The third-order valence-corrected chi connectivity index (χ3v) is 15.9. The molecule has 0 N–H and O–H groups in total. The summed E-state index contributed by atoms with van der Waals surface area (Å²) in [6.45, 7) is 0.743. The molecule has 2 unspecified atom stereocenters. The fraction of sp³-hybridized carbons (Fsp3) is 0.231. The summed E-state index contributed by atoms with van der Waals surface area (Å²) in [5, 5.41) is 3.66. The van der Waals surface area contributed by atoms with Gasteiger partial charge in [-0.3, -0.25) is 0 Å². The van der Waals surface area contributed by atoms with E-state index in [2.05, 4.69) is 159 Å². The summed E-state index contributed by atoms with van der Waals surface area (Å²) in [5.74, 6) is 1.07. The molecule has 0 fully saturated rings. The molecule has 220 valence electrons. The molecule has 0 radical (unpaired) electrons. The van der Waals surface area contributed by atoms with Crippen LogP contribution in [0.15, 0.2) is 73.0 Å². The number of benzene rings is 4. The zero-order valence-corrected chi connectivity index (χ0v) is 36.9. The molecule has 0 spiro atoms. The third-order valence-electron chi connectivity index (χ3n) is 5.84. The van der Waals surface area contributed by atoms with Crippen molar-refractivity contribution in [2.75, 3.05) is 23.9 Å². The summed E-state index contributed by atoms with van der Waals surface area (Å²) in [6, 6.07) is 10.3. The molecule has 41 heavy (non-hydrogen) atoms.